The number of carbonyl (C=O) groups is 1. The second-order valence-corrected chi connectivity index (χ2v) is 7.83. The topological polar surface area (TPSA) is 47.6 Å². The van der Waals surface area contributed by atoms with Crippen LogP contribution in [0.25, 0.3) is 6.08 Å². The Morgan fingerprint density at radius 1 is 1.19 bits per heavy atom. The van der Waals surface area contributed by atoms with E-state index in [0.717, 1.165) is 5.56 Å². The fraction of sp³-hybridized carbons (Fsp3) is 0.111. The molecule has 1 aliphatic heterocycles. The molecular formula is C18H13Cl2NO3S2. The Bertz CT molecular complexity index is 915. The van der Waals surface area contributed by atoms with Crippen LogP contribution in [0.2, 0.25) is 10.0 Å². The monoisotopic (exact) mass is 425 g/mol. The minimum absolute atomic E-state index is 0.224. The molecule has 0 atom stereocenters. The van der Waals surface area contributed by atoms with Gasteiger partial charge in [-0.25, -0.2) is 0 Å². The van der Waals surface area contributed by atoms with Gasteiger partial charge in [0, 0.05) is 5.56 Å². The first-order valence-corrected chi connectivity index (χ1v) is 9.44. The quantitative estimate of drug-likeness (QED) is 0.535. The molecular weight excluding hydrogens is 413 g/mol. The highest BCUT2D eigenvalue weighted by atomic mass is 35.5. The van der Waals surface area contributed by atoms with Crippen LogP contribution in [0.3, 0.4) is 0 Å². The number of ether oxygens (including phenoxy) is 2. The highest BCUT2D eigenvalue weighted by Crippen LogP contribution is 2.32. The van der Waals surface area contributed by atoms with Gasteiger partial charge in [0.2, 0.25) is 0 Å². The molecule has 0 bridgehead atoms. The number of nitrogens with one attached hydrogen (secondary N) is 1. The van der Waals surface area contributed by atoms with E-state index in [0.29, 0.717) is 42.9 Å². The molecule has 3 rings (SSSR count). The summed E-state index contributed by atoms with van der Waals surface area (Å²) in [5.74, 6) is 1.04. The van der Waals surface area contributed by atoms with Crippen LogP contribution < -0.4 is 14.8 Å². The SMILES string of the molecule is COc1ccc(OCc2ccc(Cl)c(Cl)c2)c(/C=C2\SC(=S)NC2=O)c1. The summed E-state index contributed by atoms with van der Waals surface area (Å²) in [5, 5.41) is 3.55. The van der Waals surface area contributed by atoms with E-state index in [4.69, 9.17) is 44.9 Å². The minimum Gasteiger partial charge on any atom is -0.497 e. The van der Waals surface area contributed by atoms with Gasteiger partial charge in [-0.15, -0.1) is 0 Å². The summed E-state index contributed by atoms with van der Waals surface area (Å²) < 4.78 is 11.6. The third kappa shape index (κ3) is 4.51. The molecule has 4 nitrogen and oxygen atoms in total. The number of benzene rings is 2. The van der Waals surface area contributed by atoms with Crippen molar-refractivity contribution >= 4 is 63.5 Å². The standard InChI is InChI=1S/C18H13Cl2NO3S2/c1-23-12-3-5-15(24-9-10-2-4-13(19)14(20)6-10)11(7-12)8-16-17(22)21-18(25)26-16/h2-8H,9H2,1H3,(H,21,22,25)/b16-8-. The van der Waals surface area contributed by atoms with E-state index < -0.39 is 0 Å². The van der Waals surface area contributed by atoms with Crippen molar-refractivity contribution in [2.24, 2.45) is 0 Å². The number of halogens is 2. The Morgan fingerprint density at radius 3 is 2.65 bits per heavy atom. The molecule has 0 aliphatic carbocycles. The number of carbonyl (C=O) groups excluding carboxylic acids is 1. The van der Waals surface area contributed by atoms with Crippen LogP contribution in [-0.2, 0) is 11.4 Å². The first-order chi connectivity index (χ1) is 12.5. The molecule has 0 unspecified atom stereocenters. The van der Waals surface area contributed by atoms with Crippen LogP contribution in [0.15, 0.2) is 41.3 Å². The van der Waals surface area contributed by atoms with Crippen molar-refractivity contribution in [3.63, 3.8) is 0 Å². The molecule has 1 saturated heterocycles. The molecule has 0 aromatic heterocycles. The Labute approximate surface area is 170 Å². The molecule has 0 saturated carbocycles. The fourth-order valence-corrected chi connectivity index (χ4v) is 3.61. The fourth-order valence-electron chi connectivity index (χ4n) is 2.25. The second-order valence-electron chi connectivity index (χ2n) is 5.29. The number of hydrogen-bond acceptors (Lipinski definition) is 5. The van der Waals surface area contributed by atoms with Crippen molar-refractivity contribution < 1.29 is 14.3 Å². The van der Waals surface area contributed by atoms with Crippen molar-refractivity contribution in [2.75, 3.05) is 7.11 Å². The number of amides is 1. The van der Waals surface area contributed by atoms with Crippen molar-refractivity contribution in [3.8, 4) is 11.5 Å². The first kappa shape index (κ1) is 19.0. The van der Waals surface area contributed by atoms with Crippen molar-refractivity contribution in [2.45, 2.75) is 6.61 Å². The molecule has 0 radical (unpaired) electrons. The molecule has 26 heavy (non-hydrogen) atoms. The highest BCUT2D eigenvalue weighted by molar-refractivity contribution is 8.26. The molecule has 1 aliphatic rings. The van der Waals surface area contributed by atoms with E-state index in [-0.39, 0.29) is 5.91 Å². The molecule has 1 N–H and O–H groups in total. The maximum absolute atomic E-state index is 11.9. The summed E-state index contributed by atoms with van der Waals surface area (Å²) in [6, 6.07) is 10.7. The summed E-state index contributed by atoms with van der Waals surface area (Å²) in [7, 11) is 1.58. The highest BCUT2D eigenvalue weighted by Gasteiger charge is 2.22. The van der Waals surface area contributed by atoms with E-state index in [2.05, 4.69) is 5.32 Å². The molecule has 2 aromatic rings. The van der Waals surface area contributed by atoms with Crippen LogP contribution >= 0.6 is 47.2 Å². The van der Waals surface area contributed by atoms with Crippen LogP contribution in [-0.4, -0.2) is 17.3 Å². The molecule has 0 spiro atoms. The number of hydrogen-bond donors (Lipinski definition) is 1. The van der Waals surface area contributed by atoms with Crippen molar-refractivity contribution in [1.82, 2.24) is 5.32 Å². The lowest BCUT2D eigenvalue weighted by molar-refractivity contribution is -0.115. The maximum atomic E-state index is 11.9. The van der Waals surface area contributed by atoms with Gasteiger partial charge in [-0.05, 0) is 42.0 Å². The summed E-state index contributed by atoms with van der Waals surface area (Å²) in [5.41, 5.74) is 1.59. The Hall–Kier alpha value is -1.73. The second kappa shape index (κ2) is 8.31. The van der Waals surface area contributed by atoms with Gasteiger partial charge >= 0.3 is 0 Å². The average molecular weight is 426 g/mol. The first-order valence-electron chi connectivity index (χ1n) is 7.46. The number of methoxy groups -OCH3 is 1. The molecule has 8 heteroatoms. The van der Waals surface area contributed by atoms with Gasteiger partial charge in [-0.3, -0.25) is 4.79 Å². The van der Waals surface area contributed by atoms with Gasteiger partial charge < -0.3 is 14.8 Å². The van der Waals surface area contributed by atoms with Gasteiger partial charge in [0.25, 0.3) is 5.91 Å². The van der Waals surface area contributed by atoms with E-state index in [1.807, 2.05) is 6.07 Å². The summed E-state index contributed by atoms with van der Waals surface area (Å²) in [6.45, 7) is 0.303. The summed E-state index contributed by atoms with van der Waals surface area (Å²) in [6.07, 6.45) is 1.73. The van der Waals surface area contributed by atoms with Crippen molar-refractivity contribution in [1.29, 1.82) is 0 Å². The Kier molecular flexibility index (Phi) is 6.09. The minimum atomic E-state index is -0.224. The van der Waals surface area contributed by atoms with E-state index in [1.54, 1.807) is 43.5 Å². The van der Waals surface area contributed by atoms with E-state index in [1.165, 1.54) is 11.8 Å². The number of rotatable bonds is 5. The predicted octanol–water partition coefficient (Wildman–Crippen LogP) is 5.07. The van der Waals surface area contributed by atoms with Crippen LogP contribution in [0, 0.1) is 0 Å². The van der Waals surface area contributed by atoms with Gasteiger partial charge in [-0.2, -0.15) is 0 Å². The summed E-state index contributed by atoms with van der Waals surface area (Å²) >= 11 is 18.2. The molecule has 1 fully saturated rings. The largest absolute Gasteiger partial charge is 0.497 e. The Morgan fingerprint density at radius 2 is 2.00 bits per heavy atom. The smallest absolute Gasteiger partial charge is 0.263 e. The normalized spacial score (nSPS) is 15.3. The van der Waals surface area contributed by atoms with Gasteiger partial charge in [0.1, 0.15) is 22.4 Å². The van der Waals surface area contributed by atoms with Gasteiger partial charge in [-0.1, -0.05) is 53.2 Å². The van der Waals surface area contributed by atoms with Crippen LogP contribution in [0.4, 0.5) is 0 Å². The molecule has 1 heterocycles. The lowest BCUT2D eigenvalue weighted by Gasteiger charge is -2.12. The van der Waals surface area contributed by atoms with Crippen LogP contribution in [0.1, 0.15) is 11.1 Å². The zero-order valence-corrected chi connectivity index (χ0v) is 16.7. The summed E-state index contributed by atoms with van der Waals surface area (Å²) in [4.78, 5) is 12.4. The third-order valence-electron chi connectivity index (χ3n) is 3.52. The molecule has 2 aromatic carbocycles. The zero-order chi connectivity index (χ0) is 18.7. The maximum Gasteiger partial charge on any atom is 0.263 e. The lowest BCUT2D eigenvalue weighted by atomic mass is 10.1. The average Bonchev–Trinajstić information content (AvgIpc) is 2.93. The van der Waals surface area contributed by atoms with E-state index >= 15 is 0 Å². The van der Waals surface area contributed by atoms with Gasteiger partial charge in [0.15, 0.2) is 0 Å². The van der Waals surface area contributed by atoms with E-state index in [9.17, 15) is 4.79 Å². The Balaban J connectivity index is 1.86. The molecule has 134 valence electrons. The third-order valence-corrected chi connectivity index (χ3v) is 5.43. The predicted molar refractivity (Wildman–Crippen MR) is 110 cm³/mol. The molecule has 1 amide bonds. The zero-order valence-electron chi connectivity index (χ0n) is 13.5. The number of thiocarbonyl (C=S) groups is 1. The lowest BCUT2D eigenvalue weighted by Crippen LogP contribution is -2.17. The van der Waals surface area contributed by atoms with Crippen LogP contribution in [0.5, 0.6) is 11.5 Å². The van der Waals surface area contributed by atoms with Gasteiger partial charge in [0.05, 0.1) is 22.1 Å². The number of thioether (sulfide) groups is 1. The van der Waals surface area contributed by atoms with Crippen molar-refractivity contribution in [3.05, 3.63) is 62.5 Å².